The molecule has 7 aromatic carbocycles. The number of carbonyl (C=O) groups excluding carboxylic acids is 4. The van der Waals surface area contributed by atoms with Gasteiger partial charge in [0.15, 0.2) is 23.1 Å². The van der Waals surface area contributed by atoms with Gasteiger partial charge < -0.3 is 4.90 Å². The van der Waals surface area contributed by atoms with Crippen molar-refractivity contribution in [3.8, 4) is 0 Å². The maximum Gasteiger partial charge on any atom is 0.197 e. The molecular formula is C60H37N3O4S2. The molecule has 3 heterocycles. The first kappa shape index (κ1) is 41.8. The average Bonchev–Trinajstić information content (AvgIpc) is 4.16. The number of hydrogen-bond acceptors (Lipinski definition) is 9. The van der Waals surface area contributed by atoms with Gasteiger partial charge in [0.25, 0.3) is 0 Å². The van der Waals surface area contributed by atoms with Crippen LogP contribution in [0.5, 0.6) is 0 Å². The second-order valence-electron chi connectivity index (χ2n) is 16.9. The van der Waals surface area contributed by atoms with Crippen LogP contribution in [0.2, 0.25) is 0 Å². The maximum absolute atomic E-state index is 13.3. The van der Waals surface area contributed by atoms with Gasteiger partial charge in [-0.1, -0.05) is 127 Å². The molecule has 2 aliphatic carbocycles. The van der Waals surface area contributed by atoms with Crippen LogP contribution in [0.1, 0.15) is 62.3 Å². The van der Waals surface area contributed by atoms with Gasteiger partial charge in [-0.2, -0.15) is 0 Å². The van der Waals surface area contributed by atoms with E-state index in [-0.39, 0.29) is 34.3 Å². The standard InChI is InChI=1S/C60H37N3O4S2/c64-56-46-16-6-7-17-47(46)57(65)51(56)35-43-27-29-54(68-43)62(53-20-10-12-39-11-4-5-15-45(39)53)42-25-22-37(23-26-42)33-38-21-24-40-31-32-61-60(50(40)34-38)63(41-13-2-1-3-14-41)55-30-28-44(69-55)36-52-58(66)48-18-8-9-19-49(48)59(52)67/h1-32,34-36H,33H2. The van der Waals surface area contributed by atoms with E-state index < -0.39 is 0 Å². The molecule has 0 aliphatic heterocycles. The fourth-order valence-corrected chi connectivity index (χ4v) is 11.3. The molecule has 12 rings (SSSR count). The normalized spacial score (nSPS) is 13.0. The summed E-state index contributed by atoms with van der Waals surface area (Å²) in [6.07, 6.45) is 5.94. The number of allylic oxidation sites excluding steroid dienone is 2. The van der Waals surface area contributed by atoms with E-state index >= 15 is 0 Å². The number of rotatable bonds is 10. The van der Waals surface area contributed by atoms with Crippen LogP contribution >= 0.6 is 22.7 Å². The Labute approximate surface area is 405 Å². The van der Waals surface area contributed by atoms with Gasteiger partial charge in [0.1, 0.15) is 15.8 Å². The Morgan fingerprint density at radius 2 is 0.928 bits per heavy atom. The third kappa shape index (κ3) is 7.50. The van der Waals surface area contributed by atoms with Gasteiger partial charge in [0.05, 0.1) is 16.8 Å². The highest BCUT2D eigenvalue weighted by Crippen LogP contribution is 2.45. The number of Topliss-reactive ketones (excluding diaryl/α,β-unsaturated/α-hetero) is 4. The fraction of sp³-hybridized carbons (Fsp3) is 0.0167. The lowest BCUT2D eigenvalue weighted by Crippen LogP contribution is -2.10. The molecule has 0 saturated heterocycles. The summed E-state index contributed by atoms with van der Waals surface area (Å²) < 4.78 is 0. The summed E-state index contributed by atoms with van der Waals surface area (Å²) in [5, 5.41) is 6.07. The van der Waals surface area contributed by atoms with Crippen molar-refractivity contribution >= 4 is 112 Å². The molecule has 0 bridgehead atoms. The number of thiophene rings is 2. The van der Waals surface area contributed by atoms with Crippen LogP contribution < -0.4 is 9.80 Å². The van der Waals surface area contributed by atoms with Gasteiger partial charge in [-0.15, -0.1) is 22.7 Å². The number of anilines is 6. The zero-order valence-corrected chi connectivity index (χ0v) is 38.3. The van der Waals surface area contributed by atoms with Gasteiger partial charge in [-0.3, -0.25) is 24.1 Å². The van der Waals surface area contributed by atoms with E-state index in [1.54, 1.807) is 60.7 Å². The molecule has 0 N–H and O–H groups in total. The number of pyridine rings is 1. The second kappa shape index (κ2) is 17.2. The molecule has 69 heavy (non-hydrogen) atoms. The Balaban J connectivity index is 0.868. The van der Waals surface area contributed by atoms with Gasteiger partial charge in [-0.25, -0.2) is 4.98 Å². The van der Waals surface area contributed by atoms with Crippen molar-refractivity contribution in [3.63, 3.8) is 0 Å². The van der Waals surface area contributed by atoms with Crippen molar-refractivity contribution in [2.75, 3.05) is 9.80 Å². The van der Waals surface area contributed by atoms with Crippen molar-refractivity contribution in [1.82, 2.24) is 4.98 Å². The van der Waals surface area contributed by atoms with E-state index in [1.807, 2.05) is 66.9 Å². The molecule has 0 fully saturated rings. The van der Waals surface area contributed by atoms with Crippen LogP contribution in [-0.4, -0.2) is 28.1 Å². The van der Waals surface area contributed by atoms with E-state index in [1.165, 1.54) is 22.7 Å². The third-order valence-electron chi connectivity index (χ3n) is 12.7. The Morgan fingerprint density at radius 1 is 0.420 bits per heavy atom. The molecule has 3 aromatic heterocycles. The number of fused-ring (bicyclic) bond motifs is 4. The second-order valence-corrected chi connectivity index (χ2v) is 19.1. The van der Waals surface area contributed by atoms with Crippen molar-refractivity contribution in [2.24, 2.45) is 0 Å². The molecule has 0 radical (unpaired) electrons. The van der Waals surface area contributed by atoms with Crippen molar-refractivity contribution in [1.29, 1.82) is 0 Å². The molecular weight excluding hydrogens is 891 g/mol. The van der Waals surface area contributed by atoms with E-state index in [2.05, 4.69) is 94.7 Å². The number of hydrogen-bond donors (Lipinski definition) is 0. The highest BCUT2D eigenvalue weighted by Gasteiger charge is 2.34. The Hall–Kier alpha value is -8.63. The molecule has 0 atom stereocenters. The summed E-state index contributed by atoms with van der Waals surface area (Å²) in [7, 11) is 0. The summed E-state index contributed by atoms with van der Waals surface area (Å²) in [4.78, 5) is 64.2. The van der Waals surface area contributed by atoms with Crippen molar-refractivity contribution < 1.29 is 19.2 Å². The highest BCUT2D eigenvalue weighted by molar-refractivity contribution is 7.17. The van der Waals surface area contributed by atoms with E-state index in [0.29, 0.717) is 28.7 Å². The lowest BCUT2D eigenvalue weighted by molar-refractivity contribution is 0.0975. The maximum atomic E-state index is 13.3. The van der Waals surface area contributed by atoms with Crippen LogP contribution in [0.4, 0.5) is 32.9 Å². The highest BCUT2D eigenvalue weighted by atomic mass is 32.1. The van der Waals surface area contributed by atoms with Crippen LogP contribution in [0, 0.1) is 0 Å². The average molecular weight is 928 g/mol. The SMILES string of the molecule is O=C1C(=Cc2ccc(N(c3ccc(Cc4ccc5ccnc(N(c6ccccc6)c6ccc(C=C7C(=O)c8ccccc8C7=O)s6)c5c4)cc3)c3cccc4ccccc34)s2)C(=O)c2ccccc21. The largest absolute Gasteiger partial charge is 0.301 e. The van der Waals surface area contributed by atoms with Crippen molar-refractivity contribution in [3.05, 3.63) is 255 Å². The molecule has 2 aliphatic rings. The van der Waals surface area contributed by atoms with Gasteiger partial charge in [-0.05, 0) is 107 Å². The van der Waals surface area contributed by atoms with E-state index in [0.717, 1.165) is 75.3 Å². The molecule has 9 heteroatoms. The van der Waals surface area contributed by atoms with Gasteiger partial charge in [0, 0.05) is 60.4 Å². The van der Waals surface area contributed by atoms with E-state index in [4.69, 9.17) is 4.98 Å². The summed E-state index contributed by atoms with van der Waals surface area (Å²) in [5.41, 5.74) is 7.31. The number of carbonyl (C=O) groups is 4. The smallest absolute Gasteiger partial charge is 0.197 e. The van der Waals surface area contributed by atoms with Crippen LogP contribution in [0.15, 0.2) is 211 Å². The minimum absolute atomic E-state index is 0.176. The molecule has 0 amide bonds. The van der Waals surface area contributed by atoms with Gasteiger partial charge in [0.2, 0.25) is 0 Å². The van der Waals surface area contributed by atoms with Gasteiger partial charge >= 0.3 is 0 Å². The number of para-hydroxylation sites is 1. The Morgan fingerprint density at radius 3 is 1.55 bits per heavy atom. The first-order chi connectivity index (χ1) is 33.9. The van der Waals surface area contributed by atoms with E-state index in [9.17, 15) is 19.2 Å². The predicted octanol–water partition coefficient (Wildman–Crippen LogP) is 15.0. The predicted molar refractivity (Wildman–Crippen MR) is 280 cm³/mol. The summed E-state index contributed by atoms with van der Waals surface area (Å²) in [5.74, 6) is -0.216. The molecule has 10 aromatic rings. The lowest BCUT2D eigenvalue weighted by Gasteiger charge is -2.25. The lowest BCUT2D eigenvalue weighted by atomic mass is 10.0. The topological polar surface area (TPSA) is 87.7 Å². The Kier molecular flexibility index (Phi) is 10.4. The quantitative estimate of drug-likeness (QED) is 0.0997. The Bertz CT molecular complexity index is 3730. The monoisotopic (exact) mass is 927 g/mol. The minimum atomic E-state index is -0.249. The molecule has 0 saturated carbocycles. The summed E-state index contributed by atoms with van der Waals surface area (Å²) in [6.45, 7) is 0. The number of aromatic nitrogens is 1. The summed E-state index contributed by atoms with van der Waals surface area (Å²) >= 11 is 3.02. The van der Waals surface area contributed by atoms with Crippen LogP contribution in [-0.2, 0) is 6.42 Å². The molecule has 7 nitrogen and oxygen atoms in total. The summed E-state index contributed by atoms with van der Waals surface area (Å²) in [6, 6.07) is 63.9. The van der Waals surface area contributed by atoms with Crippen LogP contribution in [0.25, 0.3) is 33.7 Å². The van der Waals surface area contributed by atoms with Crippen molar-refractivity contribution in [2.45, 2.75) is 6.42 Å². The zero-order chi connectivity index (χ0) is 46.6. The number of ketones is 4. The first-order valence-corrected chi connectivity index (χ1v) is 24.1. The minimum Gasteiger partial charge on any atom is -0.301 e. The third-order valence-corrected chi connectivity index (χ3v) is 14.7. The first-order valence-electron chi connectivity index (χ1n) is 22.5. The fourth-order valence-electron chi connectivity index (χ4n) is 9.38. The zero-order valence-electron chi connectivity index (χ0n) is 36.7. The number of benzene rings is 7. The number of nitrogens with zero attached hydrogens (tertiary/aromatic N) is 3. The molecule has 0 unspecified atom stereocenters. The van der Waals surface area contributed by atoms with Crippen LogP contribution in [0.3, 0.4) is 0 Å². The molecule has 328 valence electrons. The molecule has 0 spiro atoms.